The fourth-order valence-corrected chi connectivity index (χ4v) is 4.64. The standard InChI is InChI=1S/C22H21N7OS/c30-21(19-4-1-11-28(19)14-16-5-7-23-8-6-16)27-22-26-17(15-31-22)18-3-2-12-29(18)20-13-24-9-10-25-20/h1,4-11,13,15,18H,2-3,12,14H2,(H,26,27,30). The number of rotatable bonds is 6. The molecule has 156 valence electrons. The second-order valence-corrected chi connectivity index (χ2v) is 8.18. The summed E-state index contributed by atoms with van der Waals surface area (Å²) in [7, 11) is 0. The molecule has 0 spiro atoms. The predicted octanol–water partition coefficient (Wildman–Crippen LogP) is 3.77. The second-order valence-electron chi connectivity index (χ2n) is 7.32. The molecule has 1 saturated heterocycles. The van der Waals surface area contributed by atoms with Gasteiger partial charge in [0.15, 0.2) is 5.13 Å². The molecule has 4 aromatic heterocycles. The Labute approximate surface area is 183 Å². The van der Waals surface area contributed by atoms with Gasteiger partial charge in [-0.05, 0) is 42.7 Å². The highest BCUT2D eigenvalue weighted by Gasteiger charge is 2.29. The Balaban J connectivity index is 1.29. The monoisotopic (exact) mass is 431 g/mol. The Bertz CT molecular complexity index is 1160. The van der Waals surface area contributed by atoms with E-state index in [9.17, 15) is 4.79 Å². The lowest BCUT2D eigenvalue weighted by Crippen LogP contribution is -2.24. The summed E-state index contributed by atoms with van der Waals surface area (Å²) in [6.45, 7) is 1.53. The van der Waals surface area contributed by atoms with E-state index in [0.717, 1.165) is 36.5 Å². The van der Waals surface area contributed by atoms with E-state index >= 15 is 0 Å². The van der Waals surface area contributed by atoms with Crippen molar-refractivity contribution in [1.82, 2.24) is 24.5 Å². The maximum Gasteiger partial charge on any atom is 0.274 e. The quantitative estimate of drug-likeness (QED) is 0.500. The van der Waals surface area contributed by atoms with E-state index in [4.69, 9.17) is 4.98 Å². The molecule has 5 rings (SSSR count). The molecule has 0 aliphatic carbocycles. The summed E-state index contributed by atoms with van der Waals surface area (Å²) >= 11 is 1.45. The van der Waals surface area contributed by atoms with Crippen molar-refractivity contribution in [3.63, 3.8) is 0 Å². The fraction of sp³-hybridized carbons (Fsp3) is 0.227. The van der Waals surface area contributed by atoms with Gasteiger partial charge in [-0.15, -0.1) is 11.3 Å². The molecule has 0 aromatic carbocycles. The smallest absolute Gasteiger partial charge is 0.274 e. The average molecular weight is 432 g/mol. The molecule has 1 aliphatic heterocycles. The van der Waals surface area contributed by atoms with Crippen LogP contribution in [0.1, 0.15) is 40.6 Å². The number of hydrogen-bond donors (Lipinski definition) is 1. The normalized spacial score (nSPS) is 15.9. The highest BCUT2D eigenvalue weighted by molar-refractivity contribution is 7.14. The van der Waals surface area contributed by atoms with Crippen LogP contribution in [0.3, 0.4) is 0 Å². The van der Waals surface area contributed by atoms with E-state index in [1.54, 1.807) is 31.0 Å². The molecule has 4 aromatic rings. The van der Waals surface area contributed by atoms with Gasteiger partial charge in [-0.1, -0.05) is 0 Å². The molecular formula is C22H21N7OS. The molecule has 31 heavy (non-hydrogen) atoms. The third-order valence-electron chi connectivity index (χ3n) is 5.34. The molecule has 1 unspecified atom stereocenters. The van der Waals surface area contributed by atoms with Crippen LogP contribution >= 0.6 is 11.3 Å². The minimum atomic E-state index is -0.169. The van der Waals surface area contributed by atoms with Crippen LogP contribution in [0.15, 0.2) is 66.8 Å². The van der Waals surface area contributed by atoms with Gasteiger partial charge in [0.2, 0.25) is 0 Å². The number of thiazole rings is 1. The van der Waals surface area contributed by atoms with Crippen LogP contribution < -0.4 is 10.2 Å². The molecule has 0 bridgehead atoms. The molecule has 1 aliphatic rings. The molecule has 9 heteroatoms. The van der Waals surface area contributed by atoms with E-state index in [1.165, 1.54) is 11.3 Å². The van der Waals surface area contributed by atoms with Crippen molar-refractivity contribution in [3.05, 3.63) is 83.8 Å². The molecule has 1 amide bonds. The van der Waals surface area contributed by atoms with E-state index in [2.05, 4.69) is 25.2 Å². The van der Waals surface area contributed by atoms with Crippen LogP contribution in [0.25, 0.3) is 0 Å². The Hall–Kier alpha value is -3.59. The molecule has 0 saturated carbocycles. The molecular weight excluding hydrogens is 410 g/mol. The molecule has 0 radical (unpaired) electrons. The summed E-state index contributed by atoms with van der Waals surface area (Å²) in [5.74, 6) is 0.690. The first-order valence-electron chi connectivity index (χ1n) is 10.1. The SMILES string of the molecule is O=C(Nc1nc(C2CCCN2c2cnccn2)cs1)c1cccn1Cc1ccncc1. The zero-order valence-electron chi connectivity index (χ0n) is 16.8. The van der Waals surface area contributed by atoms with Gasteiger partial charge in [0, 0.05) is 49.5 Å². The molecule has 1 fully saturated rings. The zero-order valence-corrected chi connectivity index (χ0v) is 17.6. The van der Waals surface area contributed by atoms with E-state index in [1.807, 2.05) is 40.4 Å². The van der Waals surface area contributed by atoms with Gasteiger partial charge in [-0.2, -0.15) is 0 Å². The summed E-state index contributed by atoms with van der Waals surface area (Å²) in [4.78, 5) is 32.5. The zero-order chi connectivity index (χ0) is 21.0. The number of hydrogen-bond acceptors (Lipinski definition) is 7. The fourth-order valence-electron chi connectivity index (χ4n) is 3.89. The van der Waals surface area contributed by atoms with Gasteiger partial charge in [-0.25, -0.2) is 9.97 Å². The molecule has 1 atom stereocenters. The van der Waals surface area contributed by atoms with Crippen molar-refractivity contribution in [2.24, 2.45) is 0 Å². The van der Waals surface area contributed by atoms with Crippen LogP contribution in [0.5, 0.6) is 0 Å². The summed E-state index contributed by atoms with van der Waals surface area (Å²) in [6, 6.07) is 7.73. The van der Waals surface area contributed by atoms with Crippen molar-refractivity contribution in [2.75, 3.05) is 16.8 Å². The average Bonchev–Trinajstić information content (AvgIpc) is 3.56. The first kappa shape index (κ1) is 19.4. The first-order valence-corrected chi connectivity index (χ1v) is 11.0. The van der Waals surface area contributed by atoms with E-state index in [0.29, 0.717) is 17.4 Å². The summed E-state index contributed by atoms with van der Waals surface area (Å²) in [5, 5.41) is 5.58. The lowest BCUT2D eigenvalue weighted by molar-refractivity contribution is 0.101. The van der Waals surface area contributed by atoms with Gasteiger partial charge >= 0.3 is 0 Å². The topological polar surface area (TPSA) is 88.8 Å². The highest BCUT2D eigenvalue weighted by atomic mass is 32.1. The summed E-state index contributed by atoms with van der Waals surface area (Å²) < 4.78 is 1.92. The molecule has 5 heterocycles. The summed E-state index contributed by atoms with van der Waals surface area (Å²) in [5.41, 5.74) is 2.63. The van der Waals surface area contributed by atoms with Crippen LogP contribution in [0.2, 0.25) is 0 Å². The first-order chi connectivity index (χ1) is 15.3. The lowest BCUT2D eigenvalue weighted by atomic mass is 10.2. The largest absolute Gasteiger partial charge is 0.347 e. The van der Waals surface area contributed by atoms with Crippen molar-refractivity contribution in [1.29, 1.82) is 0 Å². The minimum Gasteiger partial charge on any atom is -0.347 e. The molecule has 1 N–H and O–H groups in total. The number of pyridine rings is 1. The number of amides is 1. The third kappa shape index (κ3) is 4.17. The lowest BCUT2D eigenvalue weighted by Gasteiger charge is -2.23. The minimum absolute atomic E-state index is 0.147. The van der Waals surface area contributed by atoms with Crippen molar-refractivity contribution >= 4 is 28.2 Å². The number of carbonyl (C=O) groups excluding carboxylic acids is 1. The van der Waals surface area contributed by atoms with E-state index in [-0.39, 0.29) is 11.9 Å². The predicted molar refractivity (Wildman–Crippen MR) is 119 cm³/mol. The Morgan fingerprint density at radius 3 is 2.90 bits per heavy atom. The van der Waals surface area contributed by atoms with Gasteiger partial charge in [0.1, 0.15) is 11.5 Å². The van der Waals surface area contributed by atoms with Gasteiger partial charge in [0.05, 0.1) is 17.9 Å². The Morgan fingerprint density at radius 2 is 2.06 bits per heavy atom. The van der Waals surface area contributed by atoms with Crippen LogP contribution in [0.4, 0.5) is 10.9 Å². The van der Waals surface area contributed by atoms with Gasteiger partial charge in [-0.3, -0.25) is 20.1 Å². The van der Waals surface area contributed by atoms with Crippen molar-refractivity contribution in [3.8, 4) is 0 Å². The highest BCUT2D eigenvalue weighted by Crippen LogP contribution is 2.36. The van der Waals surface area contributed by atoms with Crippen LogP contribution in [0, 0.1) is 0 Å². The van der Waals surface area contributed by atoms with Gasteiger partial charge in [0.25, 0.3) is 5.91 Å². The Kier molecular flexibility index (Phi) is 5.40. The van der Waals surface area contributed by atoms with Gasteiger partial charge < -0.3 is 9.47 Å². The number of carbonyl (C=O) groups is 1. The number of aromatic nitrogens is 5. The van der Waals surface area contributed by atoms with Crippen LogP contribution in [-0.2, 0) is 6.54 Å². The van der Waals surface area contributed by atoms with E-state index < -0.39 is 0 Å². The number of anilines is 2. The second kappa shape index (κ2) is 8.65. The molecule has 8 nitrogen and oxygen atoms in total. The summed E-state index contributed by atoms with van der Waals surface area (Å²) in [6.07, 6.45) is 12.6. The van der Waals surface area contributed by atoms with Crippen molar-refractivity contribution in [2.45, 2.75) is 25.4 Å². The Morgan fingerprint density at radius 1 is 1.16 bits per heavy atom. The maximum atomic E-state index is 12.9. The van der Waals surface area contributed by atoms with Crippen LogP contribution in [-0.4, -0.2) is 37.0 Å². The number of nitrogens with one attached hydrogen (secondary N) is 1. The maximum absolute atomic E-state index is 12.9. The van der Waals surface area contributed by atoms with Crippen molar-refractivity contribution < 1.29 is 4.79 Å². The third-order valence-corrected chi connectivity index (χ3v) is 6.12. The number of nitrogens with zero attached hydrogens (tertiary/aromatic N) is 6.